The number of hydrogen-bond acceptors (Lipinski definition) is 12. The van der Waals surface area contributed by atoms with E-state index >= 15 is 8.78 Å². The Balaban J connectivity index is 0.829. The number of aryl methyl sites for hydroxylation is 2. The predicted octanol–water partition coefficient (Wildman–Crippen LogP) is 8.82. The Morgan fingerprint density at radius 2 is 1.61 bits per heavy atom. The normalized spacial score (nSPS) is 18.9. The quantitative estimate of drug-likeness (QED) is 0.0681. The number of piperazine rings is 1. The highest BCUT2D eigenvalue weighted by Crippen LogP contribution is 2.43. The van der Waals surface area contributed by atoms with Crippen LogP contribution in [0.25, 0.3) is 10.9 Å². The molecule has 2 amide bonds. The van der Waals surface area contributed by atoms with Crippen molar-refractivity contribution in [3.8, 4) is 5.75 Å². The topological polar surface area (TPSA) is 145 Å². The molecule has 0 spiro atoms. The van der Waals surface area contributed by atoms with Crippen molar-refractivity contribution in [1.82, 2.24) is 30.1 Å². The number of benzene rings is 3. The van der Waals surface area contributed by atoms with Crippen molar-refractivity contribution in [1.29, 1.82) is 0 Å². The van der Waals surface area contributed by atoms with E-state index in [1.54, 1.807) is 19.5 Å². The van der Waals surface area contributed by atoms with Crippen molar-refractivity contribution in [2.75, 3.05) is 74.7 Å². The molecule has 1 atom stereocenters. The van der Waals surface area contributed by atoms with E-state index in [1.165, 1.54) is 23.4 Å². The SMILES string of the molecule is CCc1ccc2c(P(C)(C)=O)c(Nc3nc(Nc4cc(CC)c(N5CCC(N6CCN(CCc7cc(F)c(C8CCC(=O)NC8=O)c(F)c7)CC6)CC5)cc4OC4CC4)ncc3Br)ccc2n1. The number of rotatable bonds is 15. The van der Waals surface area contributed by atoms with Crippen LogP contribution in [0, 0.1) is 11.6 Å². The first-order valence-electron chi connectivity index (χ1n) is 23.7. The van der Waals surface area contributed by atoms with Crippen LogP contribution in [0.5, 0.6) is 5.75 Å². The molecule has 4 aliphatic rings. The lowest BCUT2D eigenvalue weighted by Gasteiger charge is -2.43. The van der Waals surface area contributed by atoms with Crippen molar-refractivity contribution in [3.63, 3.8) is 0 Å². The van der Waals surface area contributed by atoms with Gasteiger partial charge in [0.15, 0.2) is 0 Å². The lowest BCUT2D eigenvalue weighted by Crippen LogP contribution is -2.53. The van der Waals surface area contributed by atoms with Crippen molar-refractivity contribution in [2.24, 2.45) is 0 Å². The van der Waals surface area contributed by atoms with Gasteiger partial charge in [0.1, 0.15) is 30.3 Å². The van der Waals surface area contributed by atoms with Gasteiger partial charge in [-0.1, -0.05) is 19.9 Å². The van der Waals surface area contributed by atoms with Crippen LogP contribution in [0.1, 0.15) is 80.7 Å². The van der Waals surface area contributed by atoms with Gasteiger partial charge in [0.05, 0.1) is 33.4 Å². The monoisotopic (exact) mass is 997 g/mol. The van der Waals surface area contributed by atoms with Gasteiger partial charge in [-0.2, -0.15) is 4.98 Å². The summed E-state index contributed by atoms with van der Waals surface area (Å²) in [5.41, 5.74) is 6.03. The smallest absolute Gasteiger partial charge is 0.234 e. The number of ether oxygens (including phenoxy) is 1. The number of anilines is 5. The summed E-state index contributed by atoms with van der Waals surface area (Å²) < 4.78 is 51.3. The Morgan fingerprint density at radius 1 is 0.866 bits per heavy atom. The molecule has 3 saturated heterocycles. The van der Waals surface area contributed by atoms with Gasteiger partial charge in [0, 0.05) is 98.2 Å². The van der Waals surface area contributed by atoms with Crippen LogP contribution in [-0.4, -0.2) is 108 Å². The maximum absolute atomic E-state index is 15.1. The van der Waals surface area contributed by atoms with Crippen LogP contribution in [0.15, 0.2) is 59.2 Å². The summed E-state index contributed by atoms with van der Waals surface area (Å²) in [6, 6.07) is 15.4. The Labute approximate surface area is 399 Å². The van der Waals surface area contributed by atoms with E-state index in [2.05, 4.69) is 77.5 Å². The summed E-state index contributed by atoms with van der Waals surface area (Å²) in [5.74, 6) is -1.80. The number of hydrogen-bond donors (Lipinski definition) is 3. The number of aromatic nitrogens is 3. The predicted molar refractivity (Wildman–Crippen MR) is 264 cm³/mol. The minimum absolute atomic E-state index is 0.0658. The highest BCUT2D eigenvalue weighted by atomic mass is 79.9. The van der Waals surface area contributed by atoms with Gasteiger partial charge >= 0.3 is 0 Å². The highest BCUT2D eigenvalue weighted by Gasteiger charge is 2.34. The summed E-state index contributed by atoms with van der Waals surface area (Å²) in [7, 11) is -2.75. The van der Waals surface area contributed by atoms with E-state index in [9.17, 15) is 14.2 Å². The molecule has 0 bridgehead atoms. The molecule has 3 N–H and O–H groups in total. The van der Waals surface area contributed by atoms with Gasteiger partial charge < -0.3 is 29.7 Å². The maximum Gasteiger partial charge on any atom is 0.234 e. The van der Waals surface area contributed by atoms with Gasteiger partial charge in [0.2, 0.25) is 17.8 Å². The van der Waals surface area contributed by atoms with Crippen LogP contribution in [-0.2, 0) is 33.4 Å². The Morgan fingerprint density at radius 3 is 2.28 bits per heavy atom. The molecule has 1 saturated carbocycles. The van der Waals surface area contributed by atoms with Crippen LogP contribution >= 0.6 is 23.1 Å². The lowest BCUT2D eigenvalue weighted by molar-refractivity contribution is -0.134. The number of carbonyl (C=O) groups is 2. The molecule has 13 nitrogen and oxygen atoms in total. The van der Waals surface area contributed by atoms with E-state index in [0.29, 0.717) is 46.5 Å². The highest BCUT2D eigenvalue weighted by molar-refractivity contribution is 9.10. The van der Waals surface area contributed by atoms with Gasteiger partial charge in [0.25, 0.3) is 0 Å². The minimum atomic E-state index is -2.75. The lowest BCUT2D eigenvalue weighted by atomic mass is 9.89. The van der Waals surface area contributed by atoms with Crippen molar-refractivity contribution in [3.05, 3.63) is 93.2 Å². The molecule has 354 valence electrons. The van der Waals surface area contributed by atoms with Gasteiger partial charge in [-0.3, -0.25) is 24.8 Å². The molecule has 3 aliphatic heterocycles. The van der Waals surface area contributed by atoms with Crippen molar-refractivity contribution in [2.45, 2.75) is 89.7 Å². The molecule has 3 aromatic carbocycles. The average Bonchev–Trinajstić information content (AvgIpc) is 4.14. The van der Waals surface area contributed by atoms with Crippen LogP contribution in [0.4, 0.5) is 37.6 Å². The number of halogens is 3. The molecule has 1 unspecified atom stereocenters. The molecule has 0 radical (unpaired) electrons. The number of carbonyl (C=O) groups excluding carboxylic acids is 2. The fourth-order valence-corrected chi connectivity index (χ4v) is 11.6. The third-order valence-corrected chi connectivity index (χ3v) is 15.7. The standard InChI is InChI=1S/C50H59BrF2N9O4P/c1-5-31-27-42(57-50-54-29-37(51)48(59-50)56-41-13-12-40-35(47(41)67(3,4)65)10-7-32(6-2)55-40)44(66-34-8-9-34)28-43(31)62-19-16-33(17-20-62)61-23-21-60(22-24-61)18-15-30-25-38(52)46(39(53)26-30)36-11-14-45(63)58-49(36)64/h7,10,12-13,25-29,33-34,36H,5-6,8-9,11,14-24H2,1-4H3,(H,58,63,64)(H2,54,56,57,59). The third kappa shape index (κ3) is 10.7. The molecule has 5 heterocycles. The molecule has 2 aromatic heterocycles. The molecular formula is C50H59BrF2N9O4P. The minimum Gasteiger partial charge on any atom is -0.488 e. The summed E-state index contributed by atoms with van der Waals surface area (Å²) in [6.07, 6.45) is 8.34. The second-order valence-corrected chi connectivity index (χ2v) is 22.6. The van der Waals surface area contributed by atoms with Gasteiger partial charge in [-0.05, 0) is 128 Å². The second-order valence-electron chi connectivity index (χ2n) is 18.6. The molecule has 67 heavy (non-hydrogen) atoms. The van der Waals surface area contributed by atoms with Crippen LogP contribution in [0.2, 0.25) is 0 Å². The van der Waals surface area contributed by atoms with E-state index in [1.807, 2.05) is 24.3 Å². The third-order valence-electron chi connectivity index (χ3n) is 13.6. The first-order valence-corrected chi connectivity index (χ1v) is 27.0. The summed E-state index contributed by atoms with van der Waals surface area (Å²) in [5, 5.41) is 10.7. The average molecular weight is 999 g/mol. The van der Waals surface area contributed by atoms with E-state index in [0.717, 1.165) is 111 Å². The largest absolute Gasteiger partial charge is 0.488 e. The molecule has 4 fully saturated rings. The molecule has 1 aliphatic carbocycles. The molecule has 5 aromatic rings. The first-order chi connectivity index (χ1) is 32.2. The number of fused-ring (bicyclic) bond motifs is 1. The van der Waals surface area contributed by atoms with E-state index in [4.69, 9.17) is 14.7 Å². The fourth-order valence-electron chi connectivity index (χ4n) is 9.82. The number of nitrogens with zero attached hydrogens (tertiary/aromatic N) is 6. The summed E-state index contributed by atoms with van der Waals surface area (Å²) in [4.78, 5) is 45.6. The Kier molecular flexibility index (Phi) is 14.0. The number of imide groups is 1. The van der Waals surface area contributed by atoms with Crippen molar-refractivity contribution >= 4 is 79.9 Å². The van der Waals surface area contributed by atoms with Gasteiger partial charge in [-0.25, -0.2) is 13.8 Å². The summed E-state index contributed by atoms with van der Waals surface area (Å²) >= 11 is 3.65. The zero-order valence-corrected chi connectivity index (χ0v) is 41.1. The Bertz CT molecular complexity index is 2710. The maximum atomic E-state index is 15.1. The molecule has 9 rings (SSSR count). The number of nitrogens with one attached hydrogen (secondary N) is 3. The molecular weight excluding hydrogens is 939 g/mol. The first kappa shape index (κ1) is 47.1. The number of piperidine rings is 2. The molecule has 17 heteroatoms. The Hall–Kier alpha value is -5.02. The second kappa shape index (κ2) is 19.9. The number of pyridine rings is 1. The van der Waals surface area contributed by atoms with Crippen molar-refractivity contribution < 1.29 is 27.7 Å². The van der Waals surface area contributed by atoms with E-state index < -0.39 is 36.5 Å². The fraction of sp³-hybridized carbons (Fsp3) is 0.460. The van der Waals surface area contributed by atoms with E-state index in [-0.39, 0.29) is 24.5 Å². The van der Waals surface area contributed by atoms with Crippen LogP contribution in [0.3, 0.4) is 0 Å². The zero-order chi connectivity index (χ0) is 47.0. The van der Waals surface area contributed by atoms with Gasteiger partial charge in [-0.15, -0.1) is 0 Å². The number of amides is 2. The summed E-state index contributed by atoms with van der Waals surface area (Å²) in [6.45, 7) is 14.0. The zero-order valence-electron chi connectivity index (χ0n) is 38.6. The van der Waals surface area contributed by atoms with Crippen LogP contribution < -0.4 is 30.9 Å².